The van der Waals surface area contributed by atoms with Gasteiger partial charge in [-0.15, -0.1) is 0 Å². The predicted molar refractivity (Wildman–Crippen MR) is 150 cm³/mol. The van der Waals surface area contributed by atoms with E-state index in [0.717, 1.165) is 40.8 Å². The number of benzene rings is 1. The zero-order valence-electron chi connectivity index (χ0n) is 22.0. The summed E-state index contributed by atoms with van der Waals surface area (Å²) in [5, 5.41) is 15.2. The monoisotopic (exact) mass is 516 g/mol. The number of nitrogens with one attached hydrogen (secondary N) is 2. The van der Waals surface area contributed by atoms with Crippen LogP contribution in [0, 0.1) is 24.2 Å². The molecule has 1 aliphatic rings. The maximum absolute atomic E-state index is 13.0. The van der Waals surface area contributed by atoms with Gasteiger partial charge >= 0.3 is 0 Å². The van der Waals surface area contributed by atoms with Crippen molar-refractivity contribution < 1.29 is 9.59 Å². The van der Waals surface area contributed by atoms with Gasteiger partial charge in [0.1, 0.15) is 5.82 Å². The van der Waals surface area contributed by atoms with E-state index in [1.54, 1.807) is 38.4 Å². The molecule has 1 fully saturated rings. The Morgan fingerprint density at radius 1 is 0.923 bits per heavy atom. The molecule has 0 atom stereocenters. The van der Waals surface area contributed by atoms with Crippen molar-refractivity contribution in [3.05, 3.63) is 90.1 Å². The minimum Gasteiger partial charge on any atom is -0.321 e. The molecule has 4 aromatic rings. The van der Waals surface area contributed by atoms with Gasteiger partial charge in [-0.25, -0.2) is 4.98 Å². The van der Waals surface area contributed by atoms with Crippen LogP contribution in [0.2, 0.25) is 0 Å². The summed E-state index contributed by atoms with van der Waals surface area (Å²) in [5.41, 5.74) is 5.23. The van der Waals surface area contributed by atoms with Crippen LogP contribution in [-0.4, -0.2) is 26.8 Å². The van der Waals surface area contributed by atoms with E-state index >= 15 is 0 Å². The zero-order chi connectivity index (χ0) is 27.6. The first-order chi connectivity index (χ1) is 18.7. The number of nitriles is 1. The van der Waals surface area contributed by atoms with Gasteiger partial charge in [0, 0.05) is 35.1 Å². The van der Waals surface area contributed by atoms with Crippen LogP contribution in [0.25, 0.3) is 22.3 Å². The Morgan fingerprint density at radius 2 is 1.67 bits per heavy atom. The molecule has 194 valence electrons. The fraction of sp³-hybridized carbons (Fsp3) is 0.226. The van der Waals surface area contributed by atoms with Gasteiger partial charge < -0.3 is 10.6 Å². The molecule has 0 saturated heterocycles. The quantitative estimate of drug-likeness (QED) is 0.315. The summed E-state index contributed by atoms with van der Waals surface area (Å²) in [7, 11) is 0. The Morgan fingerprint density at radius 3 is 2.44 bits per heavy atom. The number of carbonyl (C=O) groups excluding carboxylic acids is 2. The van der Waals surface area contributed by atoms with E-state index in [1.807, 2.05) is 43.3 Å². The predicted octanol–water partition coefficient (Wildman–Crippen LogP) is 5.92. The third kappa shape index (κ3) is 5.83. The number of rotatable bonds is 7. The van der Waals surface area contributed by atoms with Crippen molar-refractivity contribution in [1.29, 1.82) is 5.26 Å². The molecule has 3 aromatic heterocycles. The van der Waals surface area contributed by atoms with E-state index < -0.39 is 5.41 Å². The summed E-state index contributed by atoms with van der Waals surface area (Å²) in [6, 6.07) is 19.2. The van der Waals surface area contributed by atoms with Crippen LogP contribution in [0.3, 0.4) is 0 Å². The van der Waals surface area contributed by atoms with E-state index in [0.29, 0.717) is 22.8 Å². The van der Waals surface area contributed by atoms with Crippen LogP contribution < -0.4 is 10.6 Å². The van der Waals surface area contributed by atoms with Crippen molar-refractivity contribution in [2.45, 2.75) is 39.0 Å². The third-order valence-corrected chi connectivity index (χ3v) is 6.75. The fourth-order valence-corrected chi connectivity index (χ4v) is 4.19. The number of amides is 2. The molecule has 1 aliphatic carbocycles. The molecule has 39 heavy (non-hydrogen) atoms. The topological polar surface area (TPSA) is 121 Å². The number of nitrogens with zero attached hydrogens (tertiary/aromatic N) is 4. The molecule has 8 nitrogen and oxygen atoms in total. The first-order valence-corrected chi connectivity index (χ1v) is 12.8. The Hall–Kier alpha value is -4.90. The molecule has 0 aliphatic heterocycles. The minimum atomic E-state index is -0.807. The number of carbonyl (C=O) groups is 2. The van der Waals surface area contributed by atoms with E-state index in [1.165, 1.54) is 6.20 Å². The molecule has 0 bridgehead atoms. The Kier molecular flexibility index (Phi) is 6.90. The second-order valence-corrected chi connectivity index (χ2v) is 10.3. The van der Waals surface area contributed by atoms with Crippen LogP contribution in [0.15, 0.2) is 73.2 Å². The molecule has 0 radical (unpaired) electrons. The van der Waals surface area contributed by atoms with Gasteiger partial charge in [0.25, 0.3) is 5.91 Å². The SMILES string of the molecule is Cc1ncc(NC(=O)c2ccnc(C(C)(C)C#N)c2)cc1-c1cccc(-c2ccnc(NC(=O)C3CC3)c2)c1. The van der Waals surface area contributed by atoms with Gasteiger partial charge in [0.2, 0.25) is 5.91 Å². The van der Waals surface area contributed by atoms with Gasteiger partial charge in [-0.05, 0) is 86.7 Å². The first kappa shape index (κ1) is 25.7. The Labute approximate surface area is 227 Å². The van der Waals surface area contributed by atoms with Gasteiger partial charge in [-0.2, -0.15) is 5.26 Å². The van der Waals surface area contributed by atoms with Crippen molar-refractivity contribution in [3.8, 4) is 28.3 Å². The van der Waals surface area contributed by atoms with Crippen molar-refractivity contribution in [3.63, 3.8) is 0 Å². The van der Waals surface area contributed by atoms with E-state index in [9.17, 15) is 14.9 Å². The molecule has 2 amide bonds. The summed E-state index contributed by atoms with van der Waals surface area (Å²) in [6.07, 6.45) is 6.72. The van der Waals surface area contributed by atoms with E-state index in [4.69, 9.17) is 0 Å². The number of aromatic nitrogens is 3. The van der Waals surface area contributed by atoms with Crippen LogP contribution >= 0.6 is 0 Å². The van der Waals surface area contributed by atoms with E-state index in [-0.39, 0.29) is 17.7 Å². The maximum atomic E-state index is 13.0. The average Bonchev–Trinajstić information content (AvgIpc) is 3.80. The lowest BCUT2D eigenvalue weighted by Crippen LogP contribution is -2.18. The van der Waals surface area contributed by atoms with Crippen molar-refractivity contribution in [2.75, 3.05) is 10.6 Å². The molecule has 1 saturated carbocycles. The molecule has 0 unspecified atom stereocenters. The van der Waals surface area contributed by atoms with Crippen LogP contribution in [-0.2, 0) is 10.2 Å². The van der Waals surface area contributed by atoms with Crippen LogP contribution in [0.1, 0.15) is 48.4 Å². The lowest BCUT2D eigenvalue weighted by Gasteiger charge is -2.15. The molecular weight excluding hydrogens is 488 g/mol. The average molecular weight is 517 g/mol. The van der Waals surface area contributed by atoms with Crippen molar-refractivity contribution in [2.24, 2.45) is 5.92 Å². The fourth-order valence-electron chi connectivity index (χ4n) is 4.19. The summed E-state index contributed by atoms with van der Waals surface area (Å²) in [6.45, 7) is 5.45. The van der Waals surface area contributed by atoms with Crippen molar-refractivity contribution >= 4 is 23.3 Å². The second-order valence-electron chi connectivity index (χ2n) is 10.3. The van der Waals surface area contributed by atoms with Gasteiger partial charge in [0.05, 0.1) is 29.1 Å². The summed E-state index contributed by atoms with van der Waals surface area (Å²) in [4.78, 5) is 38.3. The Balaban J connectivity index is 1.38. The van der Waals surface area contributed by atoms with Crippen LogP contribution in [0.4, 0.5) is 11.5 Å². The number of hydrogen-bond donors (Lipinski definition) is 2. The van der Waals surface area contributed by atoms with Crippen LogP contribution in [0.5, 0.6) is 0 Å². The highest BCUT2D eigenvalue weighted by Crippen LogP contribution is 2.32. The number of hydrogen-bond acceptors (Lipinski definition) is 6. The minimum absolute atomic E-state index is 0.0192. The normalized spacial score (nSPS) is 12.9. The molecular formula is C31H28N6O2. The molecule has 3 heterocycles. The van der Waals surface area contributed by atoms with Gasteiger partial charge in [-0.3, -0.25) is 19.6 Å². The highest BCUT2D eigenvalue weighted by Gasteiger charge is 2.29. The lowest BCUT2D eigenvalue weighted by atomic mass is 9.90. The zero-order valence-corrected chi connectivity index (χ0v) is 22.0. The highest BCUT2D eigenvalue weighted by molar-refractivity contribution is 6.04. The van der Waals surface area contributed by atoms with E-state index in [2.05, 4.69) is 37.7 Å². The van der Waals surface area contributed by atoms with Crippen molar-refractivity contribution in [1.82, 2.24) is 15.0 Å². The molecule has 2 N–H and O–H groups in total. The van der Waals surface area contributed by atoms with Gasteiger partial charge in [-0.1, -0.05) is 18.2 Å². The summed E-state index contributed by atoms with van der Waals surface area (Å²) in [5.74, 6) is 0.350. The standard InChI is InChI=1S/C31H28N6O2/c1-19-26(16-25(17-35-19)36-30(39)24-10-11-33-27(14-24)31(2,3)18-32)23-6-4-5-21(13-23)22-9-12-34-28(15-22)37-29(38)20-7-8-20/h4-6,9-17,20H,7-8H2,1-3H3,(H,36,39)(H,34,37,38). The maximum Gasteiger partial charge on any atom is 0.255 e. The number of anilines is 2. The van der Waals surface area contributed by atoms with Gasteiger partial charge in [0.15, 0.2) is 0 Å². The molecule has 8 heteroatoms. The second kappa shape index (κ2) is 10.5. The number of aryl methyl sites for hydroxylation is 1. The largest absolute Gasteiger partial charge is 0.321 e. The highest BCUT2D eigenvalue weighted by atomic mass is 16.2. The first-order valence-electron chi connectivity index (χ1n) is 12.8. The summed E-state index contributed by atoms with van der Waals surface area (Å²) >= 11 is 0. The summed E-state index contributed by atoms with van der Waals surface area (Å²) < 4.78 is 0. The lowest BCUT2D eigenvalue weighted by molar-refractivity contribution is -0.117. The Bertz CT molecular complexity index is 1620. The third-order valence-electron chi connectivity index (χ3n) is 6.75. The smallest absolute Gasteiger partial charge is 0.255 e. The molecule has 0 spiro atoms. The number of pyridine rings is 3. The molecule has 1 aromatic carbocycles. The molecule has 5 rings (SSSR count).